The van der Waals surface area contributed by atoms with Crippen LogP contribution in [-0.2, 0) is 27.1 Å². The highest BCUT2D eigenvalue weighted by molar-refractivity contribution is 5.83. The lowest BCUT2D eigenvalue weighted by atomic mass is 9.95. The number of carbonyl (C=O) groups is 1. The number of nitrogens with zero attached hydrogens (tertiary/aromatic N) is 1. The summed E-state index contributed by atoms with van der Waals surface area (Å²) in [7, 11) is 0. The number of hydrogen-bond donors (Lipinski definition) is 0. The van der Waals surface area contributed by atoms with E-state index >= 15 is 0 Å². The minimum Gasteiger partial charge on any atom is -0.499 e. The lowest BCUT2D eigenvalue weighted by Crippen LogP contribution is -2.40. The fourth-order valence-corrected chi connectivity index (χ4v) is 4.58. The number of fused-ring (bicyclic) bond motifs is 2. The van der Waals surface area contributed by atoms with Crippen molar-refractivity contribution in [3.63, 3.8) is 0 Å². The maximum absolute atomic E-state index is 12.1. The Kier molecular flexibility index (Phi) is 6.85. The third kappa shape index (κ3) is 4.76. The average Bonchev–Trinajstić information content (AvgIpc) is 2.94. The second kappa shape index (κ2) is 9.94. The summed E-state index contributed by atoms with van der Waals surface area (Å²) in [5.41, 5.74) is 6.45. The molecule has 2 aromatic rings. The van der Waals surface area contributed by atoms with E-state index in [9.17, 15) is 4.79 Å². The van der Waals surface area contributed by atoms with Gasteiger partial charge < -0.3 is 9.47 Å². The largest absolute Gasteiger partial charge is 0.499 e. The summed E-state index contributed by atoms with van der Waals surface area (Å²) in [6.45, 7) is 5.54. The van der Waals surface area contributed by atoms with Gasteiger partial charge in [-0.1, -0.05) is 48.5 Å². The standard InChI is InChI=1S/C26H31NO3/c1-2-30-26(28)22-10-7-15-27(18-22)16-17-29-19-25-23-11-5-3-8-20(23)13-14-21-9-4-6-12-24(21)25/h3-6,8-9,11-12,19,22H,2,7,10,13-18H2,1H3/t22-/m1/s1. The lowest BCUT2D eigenvalue weighted by molar-refractivity contribution is -0.150. The van der Waals surface area contributed by atoms with Crippen LogP contribution in [0.4, 0.5) is 0 Å². The first kappa shape index (κ1) is 20.7. The maximum atomic E-state index is 12.1. The first-order valence-electron chi connectivity index (χ1n) is 11.1. The van der Waals surface area contributed by atoms with Crippen LogP contribution in [-0.4, -0.2) is 43.7 Å². The molecule has 1 saturated heterocycles. The Labute approximate surface area is 179 Å². The first-order chi connectivity index (χ1) is 14.8. The molecule has 4 nitrogen and oxygen atoms in total. The van der Waals surface area contributed by atoms with Crippen LogP contribution in [0.5, 0.6) is 0 Å². The van der Waals surface area contributed by atoms with Gasteiger partial charge in [-0.05, 0) is 61.4 Å². The number of esters is 1. The number of likely N-dealkylation sites (tertiary alicyclic amines) is 1. The molecule has 1 aliphatic carbocycles. The van der Waals surface area contributed by atoms with Crippen molar-refractivity contribution in [1.82, 2.24) is 4.90 Å². The van der Waals surface area contributed by atoms with Gasteiger partial charge in [-0.3, -0.25) is 9.69 Å². The Balaban J connectivity index is 1.42. The predicted molar refractivity (Wildman–Crippen MR) is 119 cm³/mol. The van der Waals surface area contributed by atoms with Gasteiger partial charge in [0.15, 0.2) is 0 Å². The van der Waals surface area contributed by atoms with Crippen LogP contribution in [0, 0.1) is 5.92 Å². The van der Waals surface area contributed by atoms with Crippen molar-refractivity contribution in [3.05, 3.63) is 77.0 Å². The Hall–Kier alpha value is -2.59. The van der Waals surface area contributed by atoms with Crippen molar-refractivity contribution < 1.29 is 14.3 Å². The Morgan fingerprint density at radius 3 is 2.40 bits per heavy atom. The summed E-state index contributed by atoms with van der Waals surface area (Å²) in [6, 6.07) is 17.3. The zero-order valence-corrected chi connectivity index (χ0v) is 17.8. The van der Waals surface area contributed by atoms with Crippen LogP contribution in [0.1, 0.15) is 42.0 Å². The van der Waals surface area contributed by atoms with Gasteiger partial charge in [0, 0.05) is 18.7 Å². The normalized spacial score (nSPS) is 18.7. The van der Waals surface area contributed by atoms with E-state index in [2.05, 4.69) is 53.4 Å². The molecular weight excluding hydrogens is 374 g/mol. The smallest absolute Gasteiger partial charge is 0.310 e. The molecule has 1 heterocycles. The molecular formula is C26H31NO3. The second-order valence-electron chi connectivity index (χ2n) is 8.11. The van der Waals surface area contributed by atoms with E-state index in [1.165, 1.54) is 27.8 Å². The highest BCUT2D eigenvalue weighted by atomic mass is 16.5. The summed E-state index contributed by atoms with van der Waals surface area (Å²) in [4.78, 5) is 14.4. The number of rotatable bonds is 6. The van der Waals surface area contributed by atoms with Crippen molar-refractivity contribution in [3.8, 4) is 0 Å². The van der Waals surface area contributed by atoms with Crippen molar-refractivity contribution in [2.75, 3.05) is 32.8 Å². The van der Waals surface area contributed by atoms with Crippen LogP contribution < -0.4 is 0 Å². The van der Waals surface area contributed by atoms with Crippen molar-refractivity contribution >= 4 is 11.5 Å². The van der Waals surface area contributed by atoms with Crippen LogP contribution in [0.25, 0.3) is 5.57 Å². The number of benzene rings is 2. The number of aryl methyl sites for hydroxylation is 2. The SMILES string of the molecule is CCOC(=O)[C@@H]1CCCN(CCOC=C2c3ccccc3CCc3ccccc32)C1. The lowest BCUT2D eigenvalue weighted by Gasteiger charge is -2.31. The zero-order valence-electron chi connectivity index (χ0n) is 17.8. The van der Waals surface area contributed by atoms with Gasteiger partial charge in [0.2, 0.25) is 0 Å². The predicted octanol–water partition coefficient (Wildman–Crippen LogP) is 4.47. The second-order valence-corrected chi connectivity index (χ2v) is 8.11. The first-order valence-corrected chi connectivity index (χ1v) is 11.1. The minimum absolute atomic E-state index is 0.00216. The Morgan fingerprint density at radius 1 is 1.07 bits per heavy atom. The number of hydrogen-bond acceptors (Lipinski definition) is 4. The van der Waals surface area contributed by atoms with Gasteiger partial charge in [0.1, 0.15) is 6.61 Å². The quantitative estimate of drug-likeness (QED) is 0.404. The molecule has 0 aromatic heterocycles. The molecule has 2 aromatic carbocycles. The minimum atomic E-state index is -0.0584. The average molecular weight is 406 g/mol. The van der Waals surface area contributed by atoms with Crippen molar-refractivity contribution in [2.45, 2.75) is 32.6 Å². The summed E-state index contributed by atoms with van der Waals surface area (Å²) in [6.07, 6.45) is 6.00. The molecule has 0 spiro atoms. The van der Waals surface area contributed by atoms with Gasteiger partial charge in [-0.15, -0.1) is 0 Å². The van der Waals surface area contributed by atoms with Gasteiger partial charge in [-0.25, -0.2) is 0 Å². The van der Waals surface area contributed by atoms with Gasteiger partial charge in [0.25, 0.3) is 0 Å². The van der Waals surface area contributed by atoms with E-state index in [4.69, 9.17) is 9.47 Å². The number of carbonyl (C=O) groups excluding carboxylic acids is 1. The zero-order chi connectivity index (χ0) is 20.8. The van der Waals surface area contributed by atoms with E-state index in [-0.39, 0.29) is 11.9 Å². The van der Waals surface area contributed by atoms with E-state index in [0.717, 1.165) is 45.3 Å². The summed E-state index contributed by atoms with van der Waals surface area (Å²) in [5.74, 6) is -0.0606. The molecule has 0 bridgehead atoms. The third-order valence-corrected chi connectivity index (χ3v) is 6.13. The van der Waals surface area contributed by atoms with E-state index < -0.39 is 0 Å². The summed E-state index contributed by atoms with van der Waals surface area (Å²) >= 11 is 0. The highest BCUT2D eigenvalue weighted by Gasteiger charge is 2.26. The van der Waals surface area contributed by atoms with Crippen LogP contribution in [0.3, 0.4) is 0 Å². The molecule has 1 aliphatic heterocycles. The van der Waals surface area contributed by atoms with Crippen LogP contribution in [0.15, 0.2) is 54.8 Å². The molecule has 1 fully saturated rings. The van der Waals surface area contributed by atoms with E-state index in [1.807, 2.05) is 13.2 Å². The molecule has 1 atom stereocenters. The summed E-state index contributed by atoms with van der Waals surface area (Å²) in [5, 5.41) is 0. The topological polar surface area (TPSA) is 38.8 Å². The maximum Gasteiger partial charge on any atom is 0.310 e. The molecule has 0 saturated carbocycles. The van der Waals surface area contributed by atoms with Crippen LogP contribution in [0.2, 0.25) is 0 Å². The molecule has 4 rings (SSSR count). The van der Waals surface area contributed by atoms with Gasteiger partial charge >= 0.3 is 5.97 Å². The monoisotopic (exact) mass is 405 g/mol. The Bertz CT molecular complexity index is 855. The van der Waals surface area contributed by atoms with Gasteiger partial charge in [-0.2, -0.15) is 0 Å². The highest BCUT2D eigenvalue weighted by Crippen LogP contribution is 2.33. The van der Waals surface area contributed by atoms with Crippen molar-refractivity contribution in [2.24, 2.45) is 5.92 Å². The van der Waals surface area contributed by atoms with E-state index in [1.54, 1.807) is 0 Å². The fourth-order valence-electron chi connectivity index (χ4n) is 4.58. The molecule has 158 valence electrons. The van der Waals surface area contributed by atoms with Gasteiger partial charge in [0.05, 0.1) is 18.8 Å². The number of piperidine rings is 1. The molecule has 0 radical (unpaired) electrons. The fraction of sp³-hybridized carbons (Fsp3) is 0.423. The third-order valence-electron chi connectivity index (χ3n) is 6.13. The Morgan fingerprint density at radius 2 is 1.73 bits per heavy atom. The summed E-state index contributed by atoms with van der Waals surface area (Å²) < 4.78 is 11.3. The molecule has 0 N–H and O–H groups in total. The van der Waals surface area contributed by atoms with E-state index in [0.29, 0.717) is 13.2 Å². The molecule has 2 aliphatic rings. The molecule has 30 heavy (non-hydrogen) atoms. The molecule has 0 unspecified atom stereocenters. The molecule has 4 heteroatoms. The van der Waals surface area contributed by atoms with Crippen LogP contribution >= 0.6 is 0 Å². The van der Waals surface area contributed by atoms with Crippen molar-refractivity contribution in [1.29, 1.82) is 0 Å². The number of ether oxygens (including phenoxy) is 2. The molecule has 0 amide bonds.